The van der Waals surface area contributed by atoms with Crippen molar-refractivity contribution in [3.8, 4) is 0 Å². The van der Waals surface area contributed by atoms with Crippen LogP contribution < -0.4 is 10.2 Å². The van der Waals surface area contributed by atoms with Gasteiger partial charge in [0.25, 0.3) is 0 Å². The van der Waals surface area contributed by atoms with Crippen LogP contribution in [0.4, 0.5) is 10.1 Å². The van der Waals surface area contributed by atoms with Gasteiger partial charge in [-0.3, -0.25) is 14.5 Å². The van der Waals surface area contributed by atoms with Gasteiger partial charge in [-0.15, -0.1) is 5.10 Å². The van der Waals surface area contributed by atoms with Crippen LogP contribution >= 0.6 is 0 Å². The zero-order chi connectivity index (χ0) is 26.5. The number of para-hydroxylation sites is 1. The van der Waals surface area contributed by atoms with Crippen molar-refractivity contribution in [1.29, 1.82) is 0 Å². The van der Waals surface area contributed by atoms with E-state index in [2.05, 4.69) is 15.6 Å². The number of rotatable bonds is 8. The lowest BCUT2D eigenvalue weighted by Gasteiger charge is -2.32. The van der Waals surface area contributed by atoms with Crippen LogP contribution in [0.15, 0.2) is 103 Å². The van der Waals surface area contributed by atoms with Crippen molar-refractivity contribution in [2.75, 3.05) is 4.90 Å². The summed E-state index contributed by atoms with van der Waals surface area (Å²) in [4.78, 5) is 29.3. The molecule has 8 heteroatoms. The number of fused-ring (bicyclic) bond motifs is 1. The van der Waals surface area contributed by atoms with Crippen LogP contribution in [0.1, 0.15) is 22.7 Å². The maximum Gasteiger partial charge on any atom is 0.249 e. The van der Waals surface area contributed by atoms with E-state index in [1.165, 1.54) is 33.8 Å². The van der Waals surface area contributed by atoms with Crippen LogP contribution in [0, 0.1) is 12.7 Å². The Morgan fingerprint density at radius 2 is 1.58 bits per heavy atom. The molecule has 0 aliphatic heterocycles. The number of aromatic nitrogens is 3. The third-order valence-corrected chi connectivity index (χ3v) is 6.38. The summed E-state index contributed by atoms with van der Waals surface area (Å²) in [6, 6.07) is 28.9. The van der Waals surface area contributed by atoms with E-state index in [1.807, 2.05) is 85.8 Å². The Hall–Kier alpha value is -4.85. The lowest BCUT2D eigenvalue weighted by molar-refractivity contribution is -0.127. The minimum absolute atomic E-state index is 0.160. The number of aryl methyl sites for hydroxylation is 1. The molecule has 1 aromatic heterocycles. The third kappa shape index (κ3) is 5.29. The Balaban J connectivity index is 1.56. The summed E-state index contributed by atoms with van der Waals surface area (Å²) in [6.07, 6.45) is 0. The number of carbonyl (C=O) groups excluding carboxylic acids is 2. The fourth-order valence-corrected chi connectivity index (χ4v) is 4.45. The Morgan fingerprint density at radius 1 is 0.895 bits per heavy atom. The molecular formula is C30H26FN5O2. The standard InChI is InChI=1S/C30H26FN5O2/c1-21-9-5-6-12-25(21)29(30(38)32-19-22-10-3-2-4-11-22)36(24-17-15-23(31)16-18-24)28(37)20-35-27-14-8-7-13-26(27)33-34-35/h2-18,29H,19-20H2,1H3,(H,32,38). The lowest BCUT2D eigenvalue weighted by Crippen LogP contribution is -2.45. The summed E-state index contributed by atoms with van der Waals surface area (Å²) < 4.78 is 15.4. The predicted molar refractivity (Wildman–Crippen MR) is 144 cm³/mol. The van der Waals surface area contributed by atoms with Gasteiger partial charge in [-0.25, -0.2) is 9.07 Å². The van der Waals surface area contributed by atoms with E-state index in [0.717, 1.165) is 11.1 Å². The first kappa shape index (κ1) is 24.8. The summed E-state index contributed by atoms with van der Waals surface area (Å²) in [5, 5.41) is 11.3. The van der Waals surface area contributed by atoms with Crippen molar-refractivity contribution < 1.29 is 14.0 Å². The highest BCUT2D eigenvalue weighted by atomic mass is 19.1. The minimum atomic E-state index is -1.01. The minimum Gasteiger partial charge on any atom is -0.350 e. The molecule has 38 heavy (non-hydrogen) atoms. The molecule has 0 fully saturated rings. The first-order valence-corrected chi connectivity index (χ1v) is 12.2. The van der Waals surface area contributed by atoms with Gasteiger partial charge in [0.2, 0.25) is 11.8 Å². The van der Waals surface area contributed by atoms with Crippen LogP contribution in [0.5, 0.6) is 0 Å². The van der Waals surface area contributed by atoms with Crippen LogP contribution in [0.2, 0.25) is 0 Å². The number of halogens is 1. The van der Waals surface area contributed by atoms with E-state index in [9.17, 15) is 14.0 Å². The number of carbonyl (C=O) groups is 2. The second-order valence-corrected chi connectivity index (χ2v) is 8.94. The van der Waals surface area contributed by atoms with Crippen LogP contribution in [-0.2, 0) is 22.7 Å². The highest BCUT2D eigenvalue weighted by molar-refractivity contribution is 6.01. The molecule has 5 aromatic rings. The second kappa shape index (κ2) is 11.0. The maximum atomic E-state index is 14.0. The molecule has 1 atom stereocenters. The average molecular weight is 508 g/mol. The third-order valence-electron chi connectivity index (χ3n) is 6.38. The summed E-state index contributed by atoms with van der Waals surface area (Å²) in [5.74, 6) is -1.19. The molecule has 1 heterocycles. The van der Waals surface area contributed by atoms with E-state index in [1.54, 1.807) is 0 Å². The highest BCUT2D eigenvalue weighted by Crippen LogP contribution is 2.31. The van der Waals surface area contributed by atoms with E-state index in [4.69, 9.17) is 0 Å². The molecule has 0 saturated carbocycles. The number of nitrogens with zero attached hydrogens (tertiary/aromatic N) is 4. The Bertz CT molecular complexity index is 1570. The van der Waals surface area contributed by atoms with Gasteiger partial charge in [0.15, 0.2) is 0 Å². The van der Waals surface area contributed by atoms with Crippen molar-refractivity contribution >= 4 is 28.5 Å². The van der Waals surface area contributed by atoms with Gasteiger partial charge in [0.1, 0.15) is 23.9 Å². The normalized spacial score (nSPS) is 11.7. The summed E-state index contributed by atoms with van der Waals surface area (Å²) in [6.45, 7) is 2.03. The second-order valence-electron chi connectivity index (χ2n) is 8.94. The number of hydrogen-bond acceptors (Lipinski definition) is 4. The number of hydrogen-bond donors (Lipinski definition) is 1. The molecule has 0 saturated heterocycles. The molecule has 0 spiro atoms. The first-order valence-electron chi connectivity index (χ1n) is 12.2. The molecule has 0 aliphatic rings. The van der Waals surface area contributed by atoms with Crippen LogP contribution in [0.3, 0.4) is 0 Å². The average Bonchev–Trinajstić information content (AvgIpc) is 3.35. The molecule has 7 nitrogen and oxygen atoms in total. The monoisotopic (exact) mass is 507 g/mol. The largest absolute Gasteiger partial charge is 0.350 e. The van der Waals surface area contributed by atoms with Crippen molar-refractivity contribution in [2.45, 2.75) is 26.1 Å². The topological polar surface area (TPSA) is 80.1 Å². The molecule has 0 aliphatic carbocycles. The van der Waals surface area contributed by atoms with Gasteiger partial charge in [-0.05, 0) is 60.0 Å². The Kier molecular flexibility index (Phi) is 7.21. The fourth-order valence-electron chi connectivity index (χ4n) is 4.45. The van der Waals surface area contributed by atoms with Gasteiger partial charge in [0.05, 0.1) is 5.52 Å². The maximum absolute atomic E-state index is 14.0. The summed E-state index contributed by atoms with van der Waals surface area (Å²) in [7, 11) is 0. The van der Waals surface area contributed by atoms with Gasteiger partial charge >= 0.3 is 0 Å². The fraction of sp³-hybridized carbons (Fsp3) is 0.133. The van der Waals surface area contributed by atoms with E-state index in [-0.39, 0.29) is 12.5 Å². The van der Waals surface area contributed by atoms with Crippen molar-refractivity contribution in [1.82, 2.24) is 20.3 Å². The first-order chi connectivity index (χ1) is 18.5. The zero-order valence-corrected chi connectivity index (χ0v) is 20.8. The SMILES string of the molecule is Cc1ccccc1C(C(=O)NCc1ccccc1)N(C(=O)Cn1nnc2ccccc21)c1ccc(F)cc1. The summed E-state index contributed by atoms with van der Waals surface area (Å²) in [5.41, 5.74) is 4.19. The molecule has 5 rings (SSSR count). The molecule has 190 valence electrons. The smallest absolute Gasteiger partial charge is 0.249 e. The van der Waals surface area contributed by atoms with Crippen molar-refractivity contribution in [3.05, 3.63) is 126 Å². The molecule has 4 aromatic carbocycles. The lowest BCUT2D eigenvalue weighted by atomic mass is 9.98. The number of benzene rings is 4. The molecule has 1 N–H and O–H groups in total. The van der Waals surface area contributed by atoms with Crippen LogP contribution in [0.25, 0.3) is 11.0 Å². The molecular weight excluding hydrogens is 481 g/mol. The van der Waals surface area contributed by atoms with Crippen molar-refractivity contribution in [2.24, 2.45) is 0 Å². The quantitative estimate of drug-likeness (QED) is 0.322. The predicted octanol–water partition coefficient (Wildman–Crippen LogP) is 4.97. The van der Waals surface area contributed by atoms with Crippen LogP contribution in [-0.4, -0.2) is 26.8 Å². The van der Waals surface area contributed by atoms with E-state index >= 15 is 0 Å². The molecule has 2 amide bonds. The molecule has 0 radical (unpaired) electrons. The van der Waals surface area contributed by atoms with Gasteiger partial charge in [-0.2, -0.15) is 0 Å². The van der Waals surface area contributed by atoms with Crippen molar-refractivity contribution in [3.63, 3.8) is 0 Å². The molecule has 0 bridgehead atoms. The van der Waals surface area contributed by atoms with E-state index < -0.39 is 17.8 Å². The van der Waals surface area contributed by atoms with Gasteiger partial charge in [0, 0.05) is 12.2 Å². The highest BCUT2D eigenvalue weighted by Gasteiger charge is 2.34. The molecule has 1 unspecified atom stereocenters. The zero-order valence-electron chi connectivity index (χ0n) is 20.8. The number of anilines is 1. The Labute approximate surface area is 219 Å². The van der Waals surface area contributed by atoms with Gasteiger partial charge in [-0.1, -0.05) is 71.9 Å². The van der Waals surface area contributed by atoms with E-state index in [0.29, 0.717) is 28.8 Å². The summed E-state index contributed by atoms with van der Waals surface area (Å²) >= 11 is 0. The number of amides is 2. The number of nitrogens with one attached hydrogen (secondary N) is 1. The van der Waals surface area contributed by atoms with Gasteiger partial charge < -0.3 is 5.32 Å². The Morgan fingerprint density at radius 3 is 2.34 bits per heavy atom.